The predicted octanol–water partition coefficient (Wildman–Crippen LogP) is 3.41. The van der Waals surface area contributed by atoms with E-state index in [4.69, 9.17) is 4.74 Å². The second-order valence-corrected chi connectivity index (χ2v) is 5.34. The minimum atomic E-state index is -4.31. The summed E-state index contributed by atoms with van der Waals surface area (Å²) < 4.78 is 42.5. The third-order valence-corrected chi connectivity index (χ3v) is 3.42. The summed E-state index contributed by atoms with van der Waals surface area (Å²) in [6.45, 7) is 4.45. The van der Waals surface area contributed by atoms with Gasteiger partial charge in [0.2, 0.25) is 0 Å². The van der Waals surface area contributed by atoms with Crippen LogP contribution in [0.25, 0.3) is 0 Å². The SMILES string of the molecule is CCCN(CC(F)(F)F)c1nc(C(=O)OCC)c(C)s1. The van der Waals surface area contributed by atoms with E-state index in [1.807, 2.05) is 0 Å². The summed E-state index contributed by atoms with van der Waals surface area (Å²) in [4.78, 5) is 17.3. The molecule has 0 aliphatic heterocycles. The predicted molar refractivity (Wildman–Crippen MR) is 71.4 cm³/mol. The van der Waals surface area contributed by atoms with Crippen LogP contribution in [0.2, 0.25) is 0 Å². The number of aromatic nitrogens is 1. The smallest absolute Gasteiger partial charge is 0.406 e. The third kappa shape index (κ3) is 4.66. The Kier molecular flexibility index (Phi) is 5.79. The lowest BCUT2D eigenvalue weighted by Gasteiger charge is -2.22. The van der Waals surface area contributed by atoms with Gasteiger partial charge in [0.25, 0.3) is 0 Å². The summed E-state index contributed by atoms with van der Waals surface area (Å²) in [5.74, 6) is -0.601. The van der Waals surface area contributed by atoms with Gasteiger partial charge in [-0.15, -0.1) is 11.3 Å². The molecule has 0 aliphatic carbocycles. The molecule has 0 atom stereocenters. The normalized spacial score (nSPS) is 11.5. The maximum absolute atomic E-state index is 12.5. The number of alkyl halides is 3. The van der Waals surface area contributed by atoms with Crippen LogP contribution >= 0.6 is 11.3 Å². The van der Waals surface area contributed by atoms with Gasteiger partial charge in [0.05, 0.1) is 6.61 Å². The fraction of sp³-hybridized carbons (Fsp3) is 0.667. The van der Waals surface area contributed by atoms with Gasteiger partial charge in [-0.25, -0.2) is 9.78 Å². The second kappa shape index (κ2) is 6.92. The zero-order chi connectivity index (χ0) is 15.3. The first kappa shape index (κ1) is 16.7. The summed E-state index contributed by atoms with van der Waals surface area (Å²) in [5, 5.41) is 0.199. The minimum absolute atomic E-state index is 0.0927. The van der Waals surface area contributed by atoms with Crippen LogP contribution in [0.15, 0.2) is 0 Å². The van der Waals surface area contributed by atoms with Gasteiger partial charge < -0.3 is 9.64 Å². The number of hydrogen-bond acceptors (Lipinski definition) is 5. The fourth-order valence-electron chi connectivity index (χ4n) is 1.64. The first-order chi connectivity index (χ1) is 9.28. The number of halogens is 3. The number of carbonyl (C=O) groups is 1. The largest absolute Gasteiger partial charge is 0.461 e. The Morgan fingerprint density at radius 3 is 2.55 bits per heavy atom. The van der Waals surface area contributed by atoms with Crippen LogP contribution < -0.4 is 4.90 Å². The summed E-state index contributed by atoms with van der Waals surface area (Å²) in [5.41, 5.74) is 0.0927. The van der Waals surface area contributed by atoms with Crippen molar-refractivity contribution in [3.63, 3.8) is 0 Å². The van der Waals surface area contributed by atoms with E-state index in [1.165, 1.54) is 0 Å². The van der Waals surface area contributed by atoms with Crippen LogP contribution in [0.4, 0.5) is 18.3 Å². The Balaban J connectivity index is 2.98. The van der Waals surface area contributed by atoms with Gasteiger partial charge in [-0.3, -0.25) is 0 Å². The van der Waals surface area contributed by atoms with Crippen molar-refractivity contribution in [2.45, 2.75) is 33.4 Å². The molecule has 0 aliphatic rings. The molecule has 0 N–H and O–H groups in total. The van der Waals surface area contributed by atoms with Crippen LogP contribution in [-0.2, 0) is 4.74 Å². The lowest BCUT2D eigenvalue weighted by molar-refractivity contribution is -0.119. The Morgan fingerprint density at radius 2 is 2.05 bits per heavy atom. The van der Waals surface area contributed by atoms with Crippen LogP contribution in [0.5, 0.6) is 0 Å². The molecular weight excluding hydrogens is 293 g/mol. The summed E-state index contributed by atoms with van der Waals surface area (Å²) >= 11 is 1.07. The zero-order valence-corrected chi connectivity index (χ0v) is 12.4. The maximum Gasteiger partial charge on any atom is 0.406 e. The molecule has 0 aromatic carbocycles. The molecule has 1 heterocycles. The number of esters is 1. The molecule has 0 unspecified atom stereocenters. The highest BCUT2D eigenvalue weighted by molar-refractivity contribution is 7.15. The van der Waals surface area contributed by atoms with Crippen molar-refractivity contribution in [1.29, 1.82) is 0 Å². The van der Waals surface area contributed by atoms with E-state index >= 15 is 0 Å². The second-order valence-electron chi connectivity index (χ2n) is 4.16. The number of anilines is 1. The minimum Gasteiger partial charge on any atom is -0.461 e. The van der Waals surface area contributed by atoms with E-state index in [1.54, 1.807) is 20.8 Å². The Labute approximate surface area is 119 Å². The first-order valence-electron chi connectivity index (χ1n) is 6.24. The van der Waals surface area contributed by atoms with Crippen molar-refractivity contribution in [3.05, 3.63) is 10.6 Å². The van der Waals surface area contributed by atoms with Crippen LogP contribution in [0.1, 0.15) is 35.6 Å². The number of ether oxygens (including phenoxy) is 1. The Morgan fingerprint density at radius 1 is 1.40 bits per heavy atom. The lowest BCUT2D eigenvalue weighted by Crippen LogP contribution is -2.34. The molecule has 0 amide bonds. The summed E-state index contributed by atoms with van der Waals surface area (Å²) in [6.07, 6.45) is -3.75. The van der Waals surface area contributed by atoms with Gasteiger partial charge in [-0.1, -0.05) is 6.92 Å². The maximum atomic E-state index is 12.5. The van der Waals surface area contributed by atoms with E-state index in [0.29, 0.717) is 11.3 Å². The quantitative estimate of drug-likeness (QED) is 0.755. The molecule has 0 radical (unpaired) electrons. The molecule has 0 fully saturated rings. The molecule has 114 valence electrons. The van der Waals surface area contributed by atoms with Crippen LogP contribution in [0, 0.1) is 6.92 Å². The molecule has 8 heteroatoms. The molecule has 20 heavy (non-hydrogen) atoms. The number of carbonyl (C=O) groups excluding carboxylic acids is 1. The highest BCUT2D eigenvalue weighted by Crippen LogP contribution is 2.29. The van der Waals surface area contributed by atoms with E-state index in [0.717, 1.165) is 16.2 Å². The van der Waals surface area contributed by atoms with Crippen molar-refractivity contribution in [2.75, 3.05) is 24.6 Å². The number of thiazole rings is 1. The molecule has 1 rings (SSSR count). The molecule has 1 aromatic rings. The van der Waals surface area contributed by atoms with Gasteiger partial charge in [0.15, 0.2) is 10.8 Å². The van der Waals surface area contributed by atoms with Crippen LogP contribution in [0.3, 0.4) is 0 Å². The summed E-state index contributed by atoms with van der Waals surface area (Å²) in [6, 6.07) is 0. The Bertz CT molecular complexity index is 460. The van der Waals surface area contributed by atoms with Gasteiger partial charge in [0.1, 0.15) is 6.54 Å². The van der Waals surface area contributed by atoms with Crippen molar-refractivity contribution in [2.24, 2.45) is 0 Å². The third-order valence-electron chi connectivity index (χ3n) is 2.39. The summed E-state index contributed by atoms with van der Waals surface area (Å²) in [7, 11) is 0. The zero-order valence-electron chi connectivity index (χ0n) is 11.6. The molecule has 4 nitrogen and oxygen atoms in total. The van der Waals surface area contributed by atoms with Crippen molar-refractivity contribution >= 4 is 22.4 Å². The number of rotatable bonds is 6. The van der Waals surface area contributed by atoms with Crippen molar-refractivity contribution < 1.29 is 22.7 Å². The highest BCUT2D eigenvalue weighted by Gasteiger charge is 2.32. The first-order valence-corrected chi connectivity index (χ1v) is 7.06. The van der Waals surface area contributed by atoms with Gasteiger partial charge in [-0.05, 0) is 20.3 Å². The van der Waals surface area contributed by atoms with E-state index < -0.39 is 18.7 Å². The fourth-order valence-corrected chi connectivity index (χ4v) is 2.56. The topological polar surface area (TPSA) is 42.4 Å². The molecule has 0 bridgehead atoms. The molecule has 0 spiro atoms. The molecule has 0 saturated carbocycles. The highest BCUT2D eigenvalue weighted by atomic mass is 32.1. The monoisotopic (exact) mass is 310 g/mol. The van der Waals surface area contributed by atoms with Gasteiger partial charge in [-0.2, -0.15) is 13.2 Å². The Hall–Kier alpha value is -1.31. The van der Waals surface area contributed by atoms with Crippen molar-refractivity contribution in [1.82, 2.24) is 4.98 Å². The lowest BCUT2D eigenvalue weighted by atomic mass is 10.4. The van der Waals surface area contributed by atoms with Gasteiger partial charge in [0, 0.05) is 11.4 Å². The average Bonchev–Trinajstić information content (AvgIpc) is 2.69. The van der Waals surface area contributed by atoms with E-state index in [2.05, 4.69) is 4.98 Å². The van der Waals surface area contributed by atoms with Gasteiger partial charge >= 0.3 is 12.1 Å². The number of nitrogens with zero attached hydrogens (tertiary/aromatic N) is 2. The van der Waals surface area contributed by atoms with E-state index in [9.17, 15) is 18.0 Å². The standard InChI is InChI=1S/C12H17F3N2O2S/c1-4-6-17(7-12(13,14)15)11-16-9(8(3)20-11)10(18)19-5-2/h4-7H2,1-3H3. The number of aryl methyl sites for hydroxylation is 1. The van der Waals surface area contributed by atoms with E-state index in [-0.39, 0.29) is 24.0 Å². The number of hydrogen-bond donors (Lipinski definition) is 0. The molecule has 0 saturated heterocycles. The van der Waals surface area contributed by atoms with Crippen LogP contribution in [-0.4, -0.2) is 36.8 Å². The molecule has 1 aromatic heterocycles. The average molecular weight is 310 g/mol. The molecular formula is C12H17F3N2O2S. The van der Waals surface area contributed by atoms with Crippen molar-refractivity contribution in [3.8, 4) is 0 Å².